The van der Waals surface area contributed by atoms with E-state index in [1.165, 1.54) is 25.7 Å². The lowest BCUT2D eigenvalue weighted by molar-refractivity contribution is 0.307. The molecular formula is C23H40Br4N2OSi. The summed E-state index contributed by atoms with van der Waals surface area (Å²) in [6, 6.07) is 0.505. The second kappa shape index (κ2) is 12.9. The Balaban J connectivity index is 2.21. The second-order valence-corrected chi connectivity index (χ2v) is 19.8. The van der Waals surface area contributed by atoms with Crippen LogP contribution >= 0.6 is 63.7 Å². The molecule has 4 unspecified atom stereocenters. The van der Waals surface area contributed by atoms with Gasteiger partial charge in [-0.25, -0.2) is 0 Å². The standard InChI is InChI=1S/C23H40Br4N2OSi/c1-14-10-17(24)22(18(25)11-14)28-16(3)21(8-7-9-30-31(4,5)6)29-23-19(26)12-15(2)13-20(23)27/h14-15,17-20,22-23H,7-13H2,1-6H3. The Bertz CT molecular complexity index is 616. The lowest BCUT2D eigenvalue weighted by Crippen LogP contribution is -2.39. The summed E-state index contributed by atoms with van der Waals surface area (Å²) in [5.74, 6) is 1.44. The second-order valence-electron chi connectivity index (χ2n) is 10.6. The molecule has 3 nitrogen and oxygen atoms in total. The number of hydrogen-bond acceptors (Lipinski definition) is 3. The van der Waals surface area contributed by atoms with Crippen molar-refractivity contribution in [2.45, 2.75) is 110 Å². The smallest absolute Gasteiger partial charge is 0.183 e. The molecule has 2 saturated carbocycles. The van der Waals surface area contributed by atoms with E-state index in [1.807, 2.05) is 0 Å². The van der Waals surface area contributed by atoms with Crippen molar-refractivity contribution in [2.75, 3.05) is 6.61 Å². The molecule has 0 N–H and O–H groups in total. The Labute approximate surface area is 225 Å². The van der Waals surface area contributed by atoms with Crippen molar-refractivity contribution >= 4 is 83.5 Å². The highest BCUT2D eigenvalue weighted by molar-refractivity contribution is 9.10. The first-order chi connectivity index (χ1) is 14.4. The van der Waals surface area contributed by atoms with Crippen molar-refractivity contribution in [2.24, 2.45) is 21.8 Å². The molecule has 180 valence electrons. The molecule has 31 heavy (non-hydrogen) atoms. The molecule has 0 bridgehead atoms. The molecule has 0 amide bonds. The fourth-order valence-corrected chi connectivity index (χ4v) is 10.6. The van der Waals surface area contributed by atoms with Crippen molar-refractivity contribution in [3.63, 3.8) is 0 Å². The van der Waals surface area contributed by atoms with Crippen LogP contribution in [0.15, 0.2) is 9.98 Å². The van der Waals surface area contributed by atoms with Gasteiger partial charge in [-0.05, 0) is 76.9 Å². The zero-order valence-corrected chi connectivity index (χ0v) is 27.2. The quantitative estimate of drug-likeness (QED) is 0.109. The molecule has 0 spiro atoms. The van der Waals surface area contributed by atoms with Gasteiger partial charge in [0.05, 0.1) is 23.5 Å². The minimum atomic E-state index is -1.49. The summed E-state index contributed by atoms with van der Waals surface area (Å²) in [5, 5.41) is 0. The summed E-state index contributed by atoms with van der Waals surface area (Å²) in [4.78, 5) is 12.2. The highest BCUT2D eigenvalue weighted by atomic mass is 79.9. The van der Waals surface area contributed by atoms with Crippen LogP contribution in [-0.4, -0.2) is 57.7 Å². The summed E-state index contributed by atoms with van der Waals surface area (Å²) in [5.41, 5.74) is 2.25. The van der Waals surface area contributed by atoms with Crippen molar-refractivity contribution in [3.05, 3.63) is 0 Å². The van der Waals surface area contributed by atoms with E-state index in [9.17, 15) is 0 Å². The molecule has 2 fully saturated rings. The first-order valence-electron chi connectivity index (χ1n) is 11.7. The van der Waals surface area contributed by atoms with Crippen molar-refractivity contribution in [1.29, 1.82) is 0 Å². The fraction of sp³-hybridized carbons (Fsp3) is 0.913. The number of hydrogen-bond donors (Lipinski definition) is 0. The summed E-state index contributed by atoms with van der Waals surface area (Å²) in [6.07, 6.45) is 6.61. The number of halogens is 4. The summed E-state index contributed by atoms with van der Waals surface area (Å²) in [6.45, 7) is 14.4. The molecule has 0 aliphatic heterocycles. The van der Waals surface area contributed by atoms with Gasteiger partial charge in [-0.2, -0.15) is 0 Å². The maximum Gasteiger partial charge on any atom is 0.183 e. The van der Waals surface area contributed by atoms with E-state index in [-0.39, 0.29) is 12.1 Å². The van der Waals surface area contributed by atoms with E-state index < -0.39 is 8.32 Å². The van der Waals surface area contributed by atoms with Crippen LogP contribution in [-0.2, 0) is 4.43 Å². The zero-order chi connectivity index (χ0) is 23.3. The monoisotopic (exact) mass is 704 g/mol. The molecular weight excluding hydrogens is 668 g/mol. The topological polar surface area (TPSA) is 34.0 Å². The van der Waals surface area contributed by atoms with E-state index in [1.54, 1.807) is 0 Å². The van der Waals surface area contributed by atoms with E-state index in [0.717, 1.165) is 42.7 Å². The number of rotatable bonds is 8. The molecule has 0 radical (unpaired) electrons. The Morgan fingerprint density at radius 2 is 1.23 bits per heavy atom. The summed E-state index contributed by atoms with van der Waals surface area (Å²) >= 11 is 15.7. The normalized spacial score (nSPS) is 38.4. The van der Waals surface area contributed by atoms with E-state index in [4.69, 9.17) is 14.4 Å². The predicted molar refractivity (Wildman–Crippen MR) is 154 cm³/mol. The fourth-order valence-electron chi connectivity index (χ4n) is 4.50. The van der Waals surface area contributed by atoms with Crippen LogP contribution in [0.4, 0.5) is 0 Å². The average molecular weight is 708 g/mol. The van der Waals surface area contributed by atoms with Crippen LogP contribution < -0.4 is 0 Å². The first kappa shape index (κ1) is 28.7. The van der Waals surface area contributed by atoms with Gasteiger partial charge in [0, 0.05) is 25.9 Å². The van der Waals surface area contributed by atoms with Gasteiger partial charge in [0.1, 0.15) is 0 Å². The molecule has 0 aromatic heterocycles. The van der Waals surface area contributed by atoms with Gasteiger partial charge in [-0.3, -0.25) is 9.98 Å². The third kappa shape index (κ3) is 9.54. The summed E-state index contributed by atoms with van der Waals surface area (Å²) < 4.78 is 6.11. The third-order valence-corrected chi connectivity index (χ3v) is 10.9. The molecule has 8 heteroatoms. The third-order valence-electron chi connectivity index (χ3n) is 6.15. The van der Waals surface area contributed by atoms with Gasteiger partial charge < -0.3 is 4.43 Å². The van der Waals surface area contributed by atoms with Crippen LogP contribution in [0.3, 0.4) is 0 Å². The zero-order valence-electron chi connectivity index (χ0n) is 19.9. The van der Waals surface area contributed by atoms with Crippen molar-refractivity contribution in [3.8, 4) is 0 Å². The highest BCUT2D eigenvalue weighted by Crippen LogP contribution is 2.37. The first-order valence-corrected chi connectivity index (χ1v) is 18.8. The molecule has 0 heterocycles. The Morgan fingerprint density at radius 3 is 1.65 bits per heavy atom. The van der Waals surface area contributed by atoms with Gasteiger partial charge in [0.2, 0.25) is 0 Å². The van der Waals surface area contributed by atoms with Crippen molar-refractivity contribution < 1.29 is 4.43 Å². The molecule has 4 atom stereocenters. The molecule has 0 aromatic rings. The van der Waals surface area contributed by atoms with Gasteiger partial charge in [-0.15, -0.1) is 0 Å². The lowest BCUT2D eigenvalue weighted by atomic mass is 9.87. The Morgan fingerprint density at radius 1 is 0.806 bits per heavy atom. The largest absolute Gasteiger partial charge is 0.418 e. The number of alkyl halides is 4. The Kier molecular flexibility index (Phi) is 12.0. The van der Waals surface area contributed by atoms with Crippen LogP contribution in [0, 0.1) is 11.8 Å². The minimum Gasteiger partial charge on any atom is -0.418 e. The van der Waals surface area contributed by atoms with E-state index in [2.05, 4.69) is 104 Å². The maximum absolute atomic E-state index is 6.11. The highest BCUT2D eigenvalue weighted by Gasteiger charge is 2.35. The Hall–Kier alpha value is 1.44. The molecule has 0 saturated heterocycles. The van der Waals surface area contributed by atoms with E-state index >= 15 is 0 Å². The average Bonchev–Trinajstić information content (AvgIpc) is 2.61. The lowest BCUT2D eigenvalue weighted by Gasteiger charge is -2.35. The van der Waals surface area contributed by atoms with Crippen LogP contribution in [0.25, 0.3) is 0 Å². The van der Waals surface area contributed by atoms with Crippen LogP contribution in [0.5, 0.6) is 0 Å². The van der Waals surface area contributed by atoms with Gasteiger partial charge >= 0.3 is 0 Å². The van der Waals surface area contributed by atoms with Crippen LogP contribution in [0.1, 0.15) is 59.3 Å². The molecule has 0 aromatic carbocycles. The maximum atomic E-state index is 6.11. The SMILES string of the molecule is CC(=NC1C(Br)CC(C)CC1Br)C(CCCO[Si](C)(C)C)=NC1C(Br)CC(C)CC1Br. The molecule has 2 rings (SSSR count). The minimum absolute atomic E-state index is 0.250. The van der Waals surface area contributed by atoms with Gasteiger partial charge in [0.25, 0.3) is 0 Å². The van der Waals surface area contributed by atoms with Gasteiger partial charge in [-0.1, -0.05) is 77.6 Å². The van der Waals surface area contributed by atoms with E-state index in [0.29, 0.717) is 19.3 Å². The van der Waals surface area contributed by atoms with Crippen molar-refractivity contribution in [1.82, 2.24) is 0 Å². The predicted octanol–water partition coefficient (Wildman–Crippen LogP) is 8.17. The molecule has 2 aliphatic rings. The summed E-state index contributed by atoms with van der Waals surface area (Å²) in [7, 11) is -1.49. The number of nitrogens with zero attached hydrogens (tertiary/aromatic N) is 2. The van der Waals surface area contributed by atoms with Crippen LogP contribution in [0.2, 0.25) is 19.6 Å². The van der Waals surface area contributed by atoms with Gasteiger partial charge in [0.15, 0.2) is 8.32 Å². The number of aliphatic imine (C=N–C) groups is 2. The molecule has 2 aliphatic carbocycles.